The zero-order chi connectivity index (χ0) is 21.4. The number of carboxylic acids is 1. The first-order valence-electron chi connectivity index (χ1n) is 8.71. The minimum Gasteiger partial charge on any atom is -0.481 e. The summed E-state index contributed by atoms with van der Waals surface area (Å²) in [6.07, 6.45) is 0.503. The molecule has 7 nitrogen and oxygen atoms in total. The van der Waals surface area contributed by atoms with Crippen LogP contribution < -0.4 is 10.0 Å². The summed E-state index contributed by atoms with van der Waals surface area (Å²) in [4.78, 5) is 22.4. The number of carbonyl (C=O) groups excluding carboxylic acids is 1. The molecule has 0 unspecified atom stereocenters. The Bertz CT molecular complexity index is 979. The minimum absolute atomic E-state index is 0.0264. The maximum absolute atomic E-state index is 12.3. The van der Waals surface area contributed by atoms with Crippen LogP contribution in [0.5, 0.6) is 0 Å². The minimum atomic E-state index is -3.63. The van der Waals surface area contributed by atoms with Gasteiger partial charge in [0.1, 0.15) is 0 Å². The lowest BCUT2D eigenvalue weighted by atomic mass is 10.2. The largest absolute Gasteiger partial charge is 0.481 e. The molecule has 0 heterocycles. The fraction of sp³-hybridized carbons (Fsp3) is 0.263. The van der Waals surface area contributed by atoms with Gasteiger partial charge in [-0.1, -0.05) is 35.3 Å². The van der Waals surface area contributed by atoms with Gasteiger partial charge in [-0.05, 0) is 48.7 Å². The van der Waals surface area contributed by atoms with Crippen molar-refractivity contribution in [1.29, 1.82) is 0 Å². The summed E-state index contributed by atoms with van der Waals surface area (Å²) in [6, 6.07) is 11.0. The zero-order valence-corrected chi connectivity index (χ0v) is 17.6. The fourth-order valence-electron chi connectivity index (χ4n) is 2.45. The number of nitrogens with one attached hydrogen (secondary N) is 2. The van der Waals surface area contributed by atoms with Crippen LogP contribution >= 0.6 is 23.2 Å². The molecule has 0 aliphatic carbocycles. The number of carbonyl (C=O) groups is 2. The van der Waals surface area contributed by atoms with Gasteiger partial charge >= 0.3 is 5.97 Å². The van der Waals surface area contributed by atoms with Gasteiger partial charge in [0.25, 0.3) is 5.91 Å². The van der Waals surface area contributed by atoms with E-state index in [0.29, 0.717) is 33.3 Å². The van der Waals surface area contributed by atoms with Crippen molar-refractivity contribution in [2.24, 2.45) is 0 Å². The summed E-state index contributed by atoms with van der Waals surface area (Å²) < 4.78 is 27.1. The maximum atomic E-state index is 12.3. The Hall–Kier alpha value is -2.29. The van der Waals surface area contributed by atoms with Crippen LogP contribution in [0.4, 0.5) is 5.69 Å². The van der Waals surface area contributed by atoms with E-state index in [2.05, 4.69) is 10.0 Å². The summed E-state index contributed by atoms with van der Waals surface area (Å²) in [5.74, 6) is -1.47. The molecule has 2 rings (SSSR count). The van der Waals surface area contributed by atoms with Crippen LogP contribution in [0.1, 0.15) is 28.8 Å². The third-order valence-corrected chi connectivity index (χ3v) is 6.09. The van der Waals surface area contributed by atoms with Crippen molar-refractivity contribution in [2.75, 3.05) is 17.0 Å². The van der Waals surface area contributed by atoms with Crippen LogP contribution in [-0.4, -0.2) is 37.7 Å². The van der Waals surface area contributed by atoms with Crippen molar-refractivity contribution >= 4 is 50.8 Å². The number of anilines is 1. The SMILES string of the molecule is O=C(O)CCCNC(=O)c1ccc(NS(=O)(=O)CCc2cccc(Cl)c2Cl)cc1. The van der Waals surface area contributed by atoms with Gasteiger partial charge in [0.15, 0.2) is 0 Å². The quantitative estimate of drug-likeness (QED) is 0.471. The molecule has 156 valence electrons. The lowest BCUT2D eigenvalue weighted by molar-refractivity contribution is -0.137. The van der Waals surface area contributed by atoms with E-state index < -0.39 is 16.0 Å². The zero-order valence-electron chi connectivity index (χ0n) is 15.3. The van der Waals surface area contributed by atoms with Gasteiger partial charge in [0.05, 0.1) is 15.8 Å². The van der Waals surface area contributed by atoms with Crippen molar-refractivity contribution in [3.63, 3.8) is 0 Å². The van der Waals surface area contributed by atoms with Crippen LogP contribution in [0, 0.1) is 0 Å². The molecular weight excluding hydrogens is 439 g/mol. The molecule has 2 aromatic rings. The van der Waals surface area contributed by atoms with Crippen LogP contribution in [0.15, 0.2) is 42.5 Å². The topological polar surface area (TPSA) is 113 Å². The highest BCUT2D eigenvalue weighted by Crippen LogP contribution is 2.26. The molecule has 0 aromatic heterocycles. The van der Waals surface area contributed by atoms with E-state index >= 15 is 0 Å². The lowest BCUT2D eigenvalue weighted by Crippen LogP contribution is -2.25. The number of hydrogen-bond donors (Lipinski definition) is 3. The first-order valence-corrected chi connectivity index (χ1v) is 11.1. The van der Waals surface area contributed by atoms with Crippen LogP contribution in [0.25, 0.3) is 0 Å². The van der Waals surface area contributed by atoms with Gasteiger partial charge in [-0.2, -0.15) is 0 Å². The molecule has 0 saturated heterocycles. The number of carboxylic acid groups (broad SMARTS) is 1. The van der Waals surface area contributed by atoms with Crippen molar-refractivity contribution in [3.05, 3.63) is 63.6 Å². The number of sulfonamides is 1. The Morgan fingerprint density at radius 2 is 1.72 bits per heavy atom. The standard InChI is InChI=1S/C19H20Cl2N2O5S/c20-16-4-1-3-13(18(16)21)10-12-29(27,28)23-15-8-6-14(7-9-15)19(26)22-11-2-5-17(24)25/h1,3-4,6-9,23H,2,5,10-12H2,(H,22,26)(H,24,25). The second-order valence-electron chi connectivity index (χ2n) is 6.21. The Morgan fingerprint density at radius 1 is 1.03 bits per heavy atom. The number of aryl methyl sites for hydroxylation is 1. The normalized spacial score (nSPS) is 11.1. The average molecular weight is 459 g/mol. The summed E-state index contributed by atoms with van der Waals surface area (Å²) in [5.41, 5.74) is 1.30. The van der Waals surface area contributed by atoms with Crippen molar-refractivity contribution in [1.82, 2.24) is 5.32 Å². The van der Waals surface area contributed by atoms with Crippen LogP contribution in [-0.2, 0) is 21.2 Å². The highest BCUT2D eigenvalue weighted by atomic mass is 35.5. The first kappa shape index (κ1) is 23.0. The third-order valence-electron chi connectivity index (χ3n) is 3.95. The lowest BCUT2D eigenvalue weighted by Gasteiger charge is -2.10. The van der Waals surface area contributed by atoms with Crippen molar-refractivity contribution in [2.45, 2.75) is 19.3 Å². The molecule has 29 heavy (non-hydrogen) atoms. The second kappa shape index (κ2) is 10.5. The molecule has 0 radical (unpaired) electrons. The van der Waals surface area contributed by atoms with E-state index in [-0.39, 0.29) is 31.0 Å². The second-order valence-corrected chi connectivity index (χ2v) is 8.84. The number of rotatable bonds is 10. The molecule has 2 aromatic carbocycles. The average Bonchev–Trinajstić information content (AvgIpc) is 2.66. The molecule has 0 spiro atoms. The van der Waals surface area contributed by atoms with Crippen LogP contribution in [0.2, 0.25) is 10.0 Å². The smallest absolute Gasteiger partial charge is 0.303 e. The molecule has 0 fully saturated rings. The molecule has 0 atom stereocenters. The van der Waals surface area contributed by atoms with E-state index in [1.54, 1.807) is 18.2 Å². The van der Waals surface area contributed by atoms with Gasteiger partial charge in [-0.15, -0.1) is 0 Å². The molecule has 10 heteroatoms. The van der Waals surface area contributed by atoms with Gasteiger partial charge in [-0.25, -0.2) is 8.42 Å². The Kier molecular flexibility index (Phi) is 8.31. The molecular formula is C19H20Cl2N2O5S. The number of amides is 1. The Balaban J connectivity index is 1.89. The summed E-state index contributed by atoms with van der Waals surface area (Å²) >= 11 is 12.0. The fourth-order valence-corrected chi connectivity index (χ4v) is 3.95. The van der Waals surface area contributed by atoms with Gasteiger partial charge in [0.2, 0.25) is 10.0 Å². The van der Waals surface area contributed by atoms with Crippen LogP contribution in [0.3, 0.4) is 0 Å². The van der Waals surface area contributed by atoms with Crippen molar-refractivity contribution in [3.8, 4) is 0 Å². The molecule has 3 N–H and O–H groups in total. The highest BCUT2D eigenvalue weighted by molar-refractivity contribution is 7.92. The number of aliphatic carboxylic acids is 1. The molecule has 1 amide bonds. The Labute approximate surface area is 179 Å². The van der Waals surface area contributed by atoms with Crippen molar-refractivity contribution < 1.29 is 23.1 Å². The summed E-state index contributed by atoms with van der Waals surface area (Å²) in [7, 11) is -3.63. The molecule has 0 bridgehead atoms. The highest BCUT2D eigenvalue weighted by Gasteiger charge is 2.14. The Morgan fingerprint density at radius 3 is 2.38 bits per heavy atom. The molecule has 0 aliphatic heterocycles. The van der Waals surface area contributed by atoms with E-state index in [0.717, 1.165) is 0 Å². The first-order chi connectivity index (χ1) is 13.7. The van der Waals surface area contributed by atoms with Gasteiger partial charge < -0.3 is 10.4 Å². The predicted molar refractivity (Wildman–Crippen MR) is 113 cm³/mol. The van der Waals surface area contributed by atoms with Gasteiger partial charge in [0, 0.05) is 24.2 Å². The number of benzene rings is 2. The molecule has 0 saturated carbocycles. The van der Waals surface area contributed by atoms with E-state index in [4.69, 9.17) is 28.3 Å². The summed E-state index contributed by atoms with van der Waals surface area (Å²) in [5, 5.41) is 11.9. The van der Waals surface area contributed by atoms with E-state index in [1.165, 1.54) is 24.3 Å². The maximum Gasteiger partial charge on any atom is 0.303 e. The monoisotopic (exact) mass is 458 g/mol. The van der Waals surface area contributed by atoms with E-state index in [1.807, 2.05) is 0 Å². The molecule has 0 aliphatic rings. The van der Waals surface area contributed by atoms with E-state index in [9.17, 15) is 18.0 Å². The summed E-state index contributed by atoms with van der Waals surface area (Å²) in [6.45, 7) is 0.242. The number of halogens is 2. The third kappa shape index (κ3) is 7.56. The predicted octanol–water partition coefficient (Wildman–Crippen LogP) is 3.57. The number of hydrogen-bond acceptors (Lipinski definition) is 4. The van der Waals surface area contributed by atoms with Gasteiger partial charge in [-0.3, -0.25) is 14.3 Å².